The summed E-state index contributed by atoms with van der Waals surface area (Å²) in [5, 5.41) is 0.585. The van der Waals surface area contributed by atoms with Crippen LogP contribution in [-0.2, 0) is 10.0 Å². The number of nitrogen functional groups attached to an aromatic ring is 1. The lowest BCUT2D eigenvalue weighted by Gasteiger charge is -2.06. The standard InChI is InChI=1S/C9H7BrClN3O2S2/c10-8-4-13-9(17-8)14-18(15,16)5-1-2-6(11)7(12)3-5/h1-4H,12H2,(H,13,14). The summed E-state index contributed by atoms with van der Waals surface area (Å²) < 4.78 is 27.1. The Morgan fingerprint density at radius 2 is 2.17 bits per heavy atom. The Balaban J connectivity index is 2.33. The van der Waals surface area contributed by atoms with Gasteiger partial charge in [-0.15, -0.1) is 0 Å². The van der Waals surface area contributed by atoms with Crippen molar-refractivity contribution in [1.82, 2.24) is 4.98 Å². The van der Waals surface area contributed by atoms with E-state index in [4.69, 9.17) is 17.3 Å². The molecule has 18 heavy (non-hydrogen) atoms. The van der Waals surface area contributed by atoms with Gasteiger partial charge in [0.1, 0.15) is 0 Å². The van der Waals surface area contributed by atoms with Crippen LogP contribution in [0.4, 0.5) is 10.8 Å². The van der Waals surface area contributed by atoms with Gasteiger partial charge in [0.05, 0.1) is 25.6 Å². The van der Waals surface area contributed by atoms with E-state index in [-0.39, 0.29) is 15.7 Å². The van der Waals surface area contributed by atoms with Gasteiger partial charge in [0.15, 0.2) is 5.13 Å². The number of sulfonamides is 1. The lowest BCUT2D eigenvalue weighted by molar-refractivity contribution is 0.601. The maximum absolute atomic E-state index is 12.0. The minimum Gasteiger partial charge on any atom is -0.397 e. The predicted octanol–water partition coefficient (Wildman–Crippen LogP) is 2.94. The van der Waals surface area contributed by atoms with Crippen LogP contribution in [0, 0.1) is 0 Å². The molecule has 1 aromatic heterocycles. The number of benzene rings is 1. The van der Waals surface area contributed by atoms with Crippen molar-refractivity contribution >= 4 is 59.7 Å². The molecule has 0 fully saturated rings. The lowest BCUT2D eigenvalue weighted by atomic mass is 10.3. The van der Waals surface area contributed by atoms with E-state index in [1.807, 2.05) is 0 Å². The number of hydrogen-bond donors (Lipinski definition) is 2. The summed E-state index contributed by atoms with van der Waals surface area (Å²) in [5.41, 5.74) is 5.78. The molecule has 96 valence electrons. The summed E-state index contributed by atoms with van der Waals surface area (Å²) in [6.45, 7) is 0. The molecule has 0 amide bonds. The summed E-state index contributed by atoms with van der Waals surface area (Å²) in [6, 6.07) is 4.11. The van der Waals surface area contributed by atoms with E-state index in [0.29, 0.717) is 5.02 Å². The number of hydrogen-bond acceptors (Lipinski definition) is 5. The molecule has 0 saturated carbocycles. The number of halogens is 2. The molecule has 0 bridgehead atoms. The molecule has 0 aliphatic carbocycles. The van der Waals surface area contributed by atoms with Crippen molar-refractivity contribution in [2.75, 3.05) is 10.5 Å². The number of thiazole rings is 1. The molecule has 2 aromatic rings. The van der Waals surface area contributed by atoms with Crippen LogP contribution < -0.4 is 10.5 Å². The third-order valence-electron chi connectivity index (χ3n) is 1.98. The molecule has 0 saturated heterocycles. The van der Waals surface area contributed by atoms with E-state index in [1.165, 1.54) is 35.7 Å². The van der Waals surface area contributed by atoms with Crippen molar-refractivity contribution in [1.29, 1.82) is 0 Å². The highest BCUT2D eigenvalue weighted by Gasteiger charge is 2.17. The molecular formula is C9H7BrClN3O2S2. The summed E-state index contributed by atoms with van der Waals surface area (Å²) in [4.78, 5) is 3.93. The first-order chi connectivity index (χ1) is 8.38. The number of nitrogens with two attached hydrogens (primary N) is 1. The van der Waals surface area contributed by atoms with E-state index in [2.05, 4.69) is 25.6 Å². The Bertz CT molecular complexity index is 687. The zero-order valence-corrected chi connectivity index (χ0v) is 12.7. The molecular weight excluding hydrogens is 362 g/mol. The van der Waals surface area contributed by atoms with Gasteiger partial charge in [-0.05, 0) is 34.1 Å². The molecule has 5 nitrogen and oxygen atoms in total. The highest BCUT2D eigenvalue weighted by atomic mass is 79.9. The van der Waals surface area contributed by atoms with E-state index >= 15 is 0 Å². The van der Waals surface area contributed by atoms with Crippen molar-refractivity contribution < 1.29 is 8.42 Å². The number of aromatic nitrogens is 1. The Morgan fingerprint density at radius 3 is 2.72 bits per heavy atom. The first kappa shape index (κ1) is 13.6. The fraction of sp³-hybridized carbons (Fsp3) is 0. The minimum absolute atomic E-state index is 0.0377. The van der Waals surface area contributed by atoms with Gasteiger partial charge in [0, 0.05) is 0 Å². The van der Waals surface area contributed by atoms with Crippen molar-refractivity contribution in [3.63, 3.8) is 0 Å². The monoisotopic (exact) mass is 367 g/mol. The Hall–Kier alpha value is -0.830. The first-order valence-electron chi connectivity index (χ1n) is 4.57. The van der Waals surface area contributed by atoms with Crippen LogP contribution in [-0.4, -0.2) is 13.4 Å². The van der Waals surface area contributed by atoms with Crippen LogP contribution in [0.3, 0.4) is 0 Å². The molecule has 2 rings (SSSR count). The van der Waals surface area contributed by atoms with E-state index in [9.17, 15) is 8.42 Å². The van der Waals surface area contributed by atoms with Crippen LogP contribution in [0.25, 0.3) is 0 Å². The van der Waals surface area contributed by atoms with Gasteiger partial charge in [0.25, 0.3) is 10.0 Å². The minimum atomic E-state index is -3.70. The molecule has 1 heterocycles. The maximum atomic E-state index is 12.0. The molecule has 0 unspecified atom stereocenters. The van der Waals surface area contributed by atoms with Crippen molar-refractivity contribution in [2.45, 2.75) is 4.90 Å². The van der Waals surface area contributed by atoms with Gasteiger partial charge in [-0.25, -0.2) is 13.4 Å². The maximum Gasteiger partial charge on any atom is 0.263 e. The average molecular weight is 369 g/mol. The van der Waals surface area contributed by atoms with Gasteiger partial charge < -0.3 is 5.73 Å². The number of rotatable bonds is 3. The summed E-state index contributed by atoms with van der Waals surface area (Å²) in [7, 11) is -3.70. The van der Waals surface area contributed by atoms with Crippen LogP contribution in [0.2, 0.25) is 5.02 Å². The predicted molar refractivity (Wildman–Crippen MR) is 76.5 cm³/mol. The van der Waals surface area contributed by atoms with Gasteiger partial charge in [-0.2, -0.15) is 0 Å². The van der Waals surface area contributed by atoms with Crippen LogP contribution in [0.5, 0.6) is 0 Å². The Kier molecular flexibility index (Phi) is 3.81. The quantitative estimate of drug-likeness (QED) is 0.816. The topological polar surface area (TPSA) is 85.1 Å². The molecule has 0 aliphatic heterocycles. The zero-order valence-electron chi connectivity index (χ0n) is 8.72. The smallest absolute Gasteiger partial charge is 0.263 e. The normalized spacial score (nSPS) is 11.4. The van der Waals surface area contributed by atoms with Crippen LogP contribution in [0.1, 0.15) is 0 Å². The molecule has 3 N–H and O–H groups in total. The molecule has 9 heteroatoms. The second-order valence-electron chi connectivity index (χ2n) is 3.26. The van der Waals surface area contributed by atoms with Gasteiger partial charge in [-0.3, -0.25) is 4.72 Å². The van der Waals surface area contributed by atoms with Crippen molar-refractivity contribution in [3.05, 3.63) is 33.2 Å². The Morgan fingerprint density at radius 1 is 1.44 bits per heavy atom. The van der Waals surface area contributed by atoms with Gasteiger partial charge >= 0.3 is 0 Å². The molecule has 0 radical (unpaired) electrons. The van der Waals surface area contributed by atoms with E-state index in [1.54, 1.807) is 0 Å². The molecule has 0 aliphatic rings. The van der Waals surface area contributed by atoms with Crippen molar-refractivity contribution in [3.8, 4) is 0 Å². The van der Waals surface area contributed by atoms with Crippen LogP contribution >= 0.6 is 38.9 Å². The van der Waals surface area contributed by atoms with E-state index in [0.717, 1.165) is 3.79 Å². The highest BCUT2D eigenvalue weighted by Crippen LogP contribution is 2.27. The second-order valence-corrected chi connectivity index (χ2v) is 7.76. The largest absolute Gasteiger partial charge is 0.397 e. The number of anilines is 2. The molecule has 0 spiro atoms. The van der Waals surface area contributed by atoms with Crippen molar-refractivity contribution in [2.24, 2.45) is 0 Å². The summed E-state index contributed by atoms with van der Waals surface area (Å²) in [6.07, 6.45) is 1.51. The fourth-order valence-electron chi connectivity index (χ4n) is 1.16. The molecule has 0 atom stereocenters. The zero-order chi connectivity index (χ0) is 13.3. The fourth-order valence-corrected chi connectivity index (χ4v) is 3.67. The number of nitrogens with zero attached hydrogens (tertiary/aromatic N) is 1. The average Bonchev–Trinajstić information content (AvgIpc) is 2.67. The van der Waals surface area contributed by atoms with E-state index < -0.39 is 10.0 Å². The third-order valence-corrected chi connectivity index (χ3v) is 5.18. The SMILES string of the molecule is Nc1cc(S(=O)(=O)Nc2ncc(Br)s2)ccc1Cl. The van der Waals surface area contributed by atoms with Gasteiger partial charge in [-0.1, -0.05) is 22.9 Å². The van der Waals surface area contributed by atoms with Crippen LogP contribution in [0.15, 0.2) is 33.1 Å². The Labute approximate surface area is 121 Å². The second kappa shape index (κ2) is 5.04. The first-order valence-corrected chi connectivity index (χ1v) is 8.05. The summed E-state index contributed by atoms with van der Waals surface area (Å²) in [5.74, 6) is 0. The van der Waals surface area contributed by atoms with Gasteiger partial charge in [0.2, 0.25) is 0 Å². The third kappa shape index (κ3) is 2.94. The summed E-state index contributed by atoms with van der Waals surface area (Å²) >= 11 is 10.1. The molecule has 1 aromatic carbocycles. The highest BCUT2D eigenvalue weighted by molar-refractivity contribution is 9.11. The lowest BCUT2D eigenvalue weighted by Crippen LogP contribution is -2.13. The number of nitrogens with one attached hydrogen (secondary N) is 1.